The molecule has 0 aliphatic heterocycles. The molecular weight excluding hydrogens is 280 g/mol. The molecule has 3 rings (SSSR count). The molecule has 0 heterocycles. The Kier molecular flexibility index (Phi) is 4.12. The summed E-state index contributed by atoms with van der Waals surface area (Å²) in [5.74, 6) is 1.20. The second-order valence-electron chi connectivity index (χ2n) is 5.13. The zero-order valence-corrected chi connectivity index (χ0v) is 12.7. The van der Waals surface area contributed by atoms with Crippen LogP contribution in [0, 0.1) is 0 Å². The second-order valence-corrected chi connectivity index (χ2v) is 5.57. The first kappa shape index (κ1) is 14.0. The third kappa shape index (κ3) is 3.20. The van der Waals surface area contributed by atoms with E-state index in [0.29, 0.717) is 5.92 Å². The van der Waals surface area contributed by atoms with Gasteiger partial charge in [0.05, 0.1) is 7.11 Å². The number of halogens is 1. The molecule has 1 atom stereocenters. The molecule has 2 heteroatoms. The molecule has 0 fully saturated rings. The van der Waals surface area contributed by atoms with Gasteiger partial charge in [0.25, 0.3) is 0 Å². The van der Waals surface area contributed by atoms with Crippen LogP contribution in [-0.4, -0.2) is 7.11 Å². The summed E-state index contributed by atoms with van der Waals surface area (Å²) in [5.41, 5.74) is 3.86. The Balaban J connectivity index is 1.87. The van der Waals surface area contributed by atoms with Crippen molar-refractivity contribution in [1.82, 2.24) is 0 Å². The van der Waals surface area contributed by atoms with E-state index in [1.165, 1.54) is 16.7 Å². The fraction of sp³-hybridized carbons (Fsp3) is 0.158. The Morgan fingerprint density at radius 2 is 1.71 bits per heavy atom. The van der Waals surface area contributed by atoms with Gasteiger partial charge in [0.1, 0.15) is 5.75 Å². The van der Waals surface area contributed by atoms with Crippen molar-refractivity contribution in [2.75, 3.05) is 7.11 Å². The van der Waals surface area contributed by atoms with Crippen LogP contribution in [0.1, 0.15) is 23.5 Å². The number of benzene rings is 2. The monoisotopic (exact) mass is 296 g/mol. The predicted molar refractivity (Wildman–Crippen MR) is 88.9 cm³/mol. The van der Waals surface area contributed by atoms with Crippen molar-refractivity contribution in [3.8, 4) is 5.75 Å². The third-order valence-electron chi connectivity index (χ3n) is 3.78. The summed E-state index contributed by atoms with van der Waals surface area (Å²) in [6.07, 6.45) is 7.78. The molecule has 0 saturated carbocycles. The van der Waals surface area contributed by atoms with Crippen molar-refractivity contribution in [2.45, 2.75) is 12.3 Å². The smallest absolute Gasteiger partial charge is 0.118 e. The number of ether oxygens (including phenoxy) is 1. The van der Waals surface area contributed by atoms with E-state index in [9.17, 15) is 0 Å². The molecule has 106 valence electrons. The van der Waals surface area contributed by atoms with Gasteiger partial charge in [0.15, 0.2) is 0 Å². The molecule has 21 heavy (non-hydrogen) atoms. The van der Waals surface area contributed by atoms with Crippen LogP contribution >= 0.6 is 11.6 Å². The molecular formula is C19H17ClO. The summed E-state index contributed by atoms with van der Waals surface area (Å²) in [6.45, 7) is 0. The topological polar surface area (TPSA) is 9.23 Å². The van der Waals surface area contributed by atoms with Crippen LogP contribution in [0.15, 0.2) is 66.8 Å². The van der Waals surface area contributed by atoms with E-state index in [2.05, 4.69) is 42.5 Å². The van der Waals surface area contributed by atoms with E-state index >= 15 is 0 Å². The largest absolute Gasteiger partial charge is 0.497 e. The highest BCUT2D eigenvalue weighted by atomic mass is 35.5. The van der Waals surface area contributed by atoms with Gasteiger partial charge in [-0.25, -0.2) is 0 Å². The molecule has 0 N–H and O–H groups in total. The Labute approximate surface area is 130 Å². The number of methoxy groups -OCH3 is 1. The zero-order valence-electron chi connectivity index (χ0n) is 11.9. The van der Waals surface area contributed by atoms with Crippen LogP contribution in [0.4, 0.5) is 0 Å². The summed E-state index contributed by atoms with van der Waals surface area (Å²) in [7, 11) is 1.69. The Morgan fingerprint density at radius 3 is 2.38 bits per heavy atom. The SMILES string of the molecule is COc1ccc(C2C=CCC(c3ccc(Cl)cc3)=C2)cc1. The first-order valence-electron chi connectivity index (χ1n) is 7.03. The molecule has 1 nitrogen and oxygen atoms in total. The Morgan fingerprint density at radius 1 is 1.00 bits per heavy atom. The van der Waals surface area contributed by atoms with Gasteiger partial charge in [-0.15, -0.1) is 0 Å². The summed E-state index contributed by atoms with van der Waals surface area (Å²) >= 11 is 5.96. The highest BCUT2D eigenvalue weighted by Gasteiger charge is 2.12. The lowest BCUT2D eigenvalue weighted by Crippen LogP contribution is -1.98. The summed E-state index contributed by atoms with van der Waals surface area (Å²) in [4.78, 5) is 0. The predicted octanol–water partition coefficient (Wildman–Crippen LogP) is 5.48. The average molecular weight is 297 g/mol. The summed E-state index contributed by atoms with van der Waals surface area (Å²) in [5, 5.41) is 0.775. The minimum absolute atomic E-state index is 0.315. The number of allylic oxidation sites excluding steroid dienone is 4. The minimum atomic E-state index is 0.315. The van der Waals surface area contributed by atoms with E-state index in [4.69, 9.17) is 16.3 Å². The number of rotatable bonds is 3. The maximum absolute atomic E-state index is 5.96. The maximum Gasteiger partial charge on any atom is 0.118 e. The maximum atomic E-state index is 5.96. The van der Waals surface area contributed by atoms with Crippen molar-refractivity contribution >= 4 is 17.2 Å². The van der Waals surface area contributed by atoms with E-state index in [-0.39, 0.29) is 0 Å². The van der Waals surface area contributed by atoms with Crippen molar-refractivity contribution in [1.29, 1.82) is 0 Å². The van der Waals surface area contributed by atoms with Crippen molar-refractivity contribution in [3.63, 3.8) is 0 Å². The third-order valence-corrected chi connectivity index (χ3v) is 4.03. The fourth-order valence-corrected chi connectivity index (χ4v) is 2.72. The quantitative estimate of drug-likeness (QED) is 0.682. The molecule has 0 aromatic heterocycles. The fourth-order valence-electron chi connectivity index (χ4n) is 2.59. The van der Waals surface area contributed by atoms with Crippen LogP contribution in [0.2, 0.25) is 5.02 Å². The first-order valence-corrected chi connectivity index (χ1v) is 7.41. The molecule has 0 radical (unpaired) electrons. The molecule has 0 amide bonds. The lowest BCUT2D eigenvalue weighted by molar-refractivity contribution is 0.414. The van der Waals surface area contributed by atoms with Crippen LogP contribution in [0.5, 0.6) is 5.75 Å². The highest BCUT2D eigenvalue weighted by Crippen LogP contribution is 2.32. The highest BCUT2D eigenvalue weighted by molar-refractivity contribution is 6.30. The molecule has 2 aromatic rings. The van der Waals surface area contributed by atoms with Gasteiger partial charge in [0.2, 0.25) is 0 Å². The van der Waals surface area contributed by atoms with E-state index in [1.807, 2.05) is 24.3 Å². The standard InChI is InChI=1S/C19H17ClO/c1-21-19-11-7-15(8-12-19)17-4-2-3-16(13-17)14-5-9-18(20)10-6-14/h2,4-13,17H,3H2,1H3. The van der Waals surface area contributed by atoms with Gasteiger partial charge in [-0.05, 0) is 47.4 Å². The van der Waals surface area contributed by atoms with E-state index in [0.717, 1.165) is 17.2 Å². The van der Waals surface area contributed by atoms with Gasteiger partial charge in [-0.2, -0.15) is 0 Å². The van der Waals surface area contributed by atoms with Gasteiger partial charge < -0.3 is 4.74 Å². The molecule has 0 bridgehead atoms. The average Bonchev–Trinajstić information content (AvgIpc) is 2.56. The van der Waals surface area contributed by atoms with Crippen LogP contribution in [0.25, 0.3) is 5.57 Å². The molecule has 2 aromatic carbocycles. The van der Waals surface area contributed by atoms with E-state index in [1.54, 1.807) is 7.11 Å². The normalized spacial score (nSPS) is 17.4. The lowest BCUT2D eigenvalue weighted by atomic mass is 9.88. The van der Waals surface area contributed by atoms with Gasteiger partial charge >= 0.3 is 0 Å². The molecule has 0 saturated heterocycles. The second kappa shape index (κ2) is 6.19. The zero-order chi connectivity index (χ0) is 14.7. The van der Waals surface area contributed by atoms with Crippen molar-refractivity contribution < 1.29 is 4.74 Å². The number of hydrogen-bond acceptors (Lipinski definition) is 1. The van der Waals surface area contributed by atoms with Crippen molar-refractivity contribution in [2.24, 2.45) is 0 Å². The lowest BCUT2D eigenvalue weighted by Gasteiger charge is -2.17. The molecule has 1 aliphatic rings. The molecule has 1 unspecified atom stereocenters. The van der Waals surface area contributed by atoms with Gasteiger partial charge in [0, 0.05) is 10.9 Å². The van der Waals surface area contributed by atoms with Crippen molar-refractivity contribution in [3.05, 3.63) is 82.9 Å². The van der Waals surface area contributed by atoms with Gasteiger partial charge in [-0.1, -0.05) is 54.1 Å². The van der Waals surface area contributed by atoms with Crippen LogP contribution < -0.4 is 4.74 Å². The van der Waals surface area contributed by atoms with Crippen LogP contribution in [0.3, 0.4) is 0 Å². The molecule has 1 aliphatic carbocycles. The van der Waals surface area contributed by atoms with Crippen LogP contribution in [-0.2, 0) is 0 Å². The first-order chi connectivity index (χ1) is 10.3. The summed E-state index contributed by atoms with van der Waals surface area (Å²) < 4.78 is 5.21. The Hall–Kier alpha value is -1.99. The van der Waals surface area contributed by atoms with Gasteiger partial charge in [-0.3, -0.25) is 0 Å². The Bertz CT molecular complexity index is 666. The van der Waals surface area contributed by atoms with E-state index < -0.39 is 0 Å². The minimum Gasteiger partial charge on any atom is -0.497 e. The summed E-state index contributed by atoms with van der Waals surface area (Å²) in [6, 6.07) is 16.3. The molecule has 0 spiro atoms. The number of hydrogen-bond donors (Lipinski definition) is 0.